The molecule has 2 rings (SSSR count). The normalized spacial score (nSPS) is 11.2. The number of methoxy groups -OCH3 is 1. The number of benzene rings is 2. The molecule has 2 aromatic carbocycles. The van der Waals surface area contributed by atoms with Crippen molar-refractivity contribution in [1.29, 1.82) is 5.26 Å². The summed E-state index contributed by atoms with van der Waals surface area (Å²) in [7, 11) is -3.12. The van der Waals surface area contributed by atoms with Gasteiger partial charge in [-0.15, -0.1) is 0 Å². The van der Waals surface area contributed by atoms with Gasteiger partial charge in [-0.25, -0.2) is 0 Å². The van der Waals surface area contributed by atoms with Crippen LogP contribution in [0.4, 0.5) is 5.69 Å². The number of hydrogen-bond donors (Lipinski definition) is 2. The number of nitriles is 1. The van der Waals surface area contributed by atoms with Crippen molar-refractivity contribution in [3.05, 3.63) is 29.8 Å². The molecule has 0 saturated carbocycles. The first-order valence-electron chi connectivity index (χ1n) is 5.16. The minimum Gasteiger partial charge on any atom is -0.497 e. The maximum atomic E-state index is 11.5. The van der Waals surface area contributed by atoms with E-state index in [0.29, 0.717) is 11.1 Å². The Morgan fingerprint density at radius 3 is 2.58 bits per heavy atom. The fourth-order valence-electron chi connectivity index (χ4n) is 1.86. The van der Waals surface area contributed by atoms with Gasteiger partial charge in [-0.2, -0.15) is 13.7 Å². The number of anilines is 1. The Hall–Kier alpha value is -2.30. The third kappa shape index (κ3) is 2.19. The summed E-state index contributed by atoms with van der Waals surface area (Å²) < 4.78 is 37.2. The molecule has 98 valence electrons. The molecule has 0 amide bonds. The monoisotopic (exact) mass is 278 g/mol. The molecule has 0 aromatic heterocycles. The van der Waals surface area contributed by atoms with Crippen LogP contribution in [0.3, 0.4) is 0 Å². The quantitative estimate of drug-likeness (QED) is 0.636. The highest BCUT2D eigenvalue weighted by Gasteiger charge is 2.21. The maximum absolute atomic E-state index is 11.5. The fourth-order valence-corrected chi connectivity index (χ4v) is 2.70. The molecule has 0 aliphatic carbocycles. The Labute approximate surface area is 109 Å². The lowest BCUT2D eigenvalue weighted by atomic mass is 10.1. The van der Waals surface area contributed by atoms with Gasteiger partial charge >= 0.3 is 0 Å². The minimum atomic E-state index is -4.55. The van der Waals surface area contributed by atoms with Crippen LogP contribution in [0.15, 0.2) is 29.2 Å². The second-order valence-corrected chi connectivity index (χ2v) is 5.20. The van der Waals surface area contributed by atoms with Gasteiger partial charge in [-0.3, -0.25) is 4.55 Å². The lowest BCUT2D eigenvalue weighted by molar-refractivity contribution is 0.415. The molecule has 19 heavy (non-hydrogen) atoms. The van der Waals surface area contributed by atoms with Gasteiger partial charge in [0.2, 0.25) is 0 Å². The van der Waals surface area contributed by atoms with E-state index in [2.05, 4.69) is 0 Å². The smallest absolute Gasteiger partial charge is 0.297 e. The molecular weight excluding hydrogens is 268 g/mol. The molecule has 6 nitrogen and oxygen atoms in total. The summed E-state index contributed by atoms with van der Waals surface area (Å²) in [5.74, 6) is 0.418. The van der Waals surface area contributed by atoms with Crippen LogP contribution in [0.5, 0.6) is 5.75 Å². The molecule has 0 spiro atoms. The van der Waals surface area contributed by atoms with Gasteiger partial charge in [0.1, 0.15) is 16.7 Å². The lowest BCUT2D eigenvalue weighted by Gasteiger charge is -2.10. The third-order valence-corrected chi connectivity index (χ3v) is 3.67. The zero-order valence-electron chi connectivity index (χ0n) is 9.91. The number of nitrogens with two attached hydrogens (primary N) is 1. The van der Waals surface area contributed by atoms with Gasteiger partial charge in [-0.1, -0.05) is 6.07 Å². The number of nitrogens with zero attached hydrogens (tertiary/aromatic N) is 1. The lowest BCUT2D eigenvalue weighted by Crippen LogP contribution is -2.06. The van der Waals surface area contributed by atoms with Crippen LogP contribution in [-0.2, 0) is 10.1 Å². The number of hydrogen-bond acceptors (Lipinski definition) is 5. The van der Waals surface area contributed by atoms with Crippen LogP contribution >= 0.6 is 0 Å². The minimum absolute atomic E-state index is 0.00899. The summed E-state index contributed by atoms with van der Waals surface area (Å²) in [4.78, 5) is -0.472. The predicted molar refractivity (Wildman–Crippen MR) is 69.4 cm³/mol. The molecular formula is C12H10N2O4S. The number of ether oxygens (including phenoxy) is 1. The second-order valence-electron chi connectivity index (χ2n) is 3.84. The van der Waals surface area contributed by atoms with E-state index in [0.717, 1.165) is 0 Å². The number of fused-ring (bicyclic) bond motifs is 1. The Bertz CT molecular complexity index is 807. The highest BCUT2D eigenvalue weighted by Crippen LogP contribution is 2.33. The average Bonchev–Trinajstić information content (AvgIpc) is 2.35. The third-order valence-electron chi connectivity index (χ3n) is 2.72. The van der Waals surface area contributed by atoms with Gasteiger partial charge in [0, 0.05) is 5.39 Å². The van der Waals surface area contributed by atoms with Crippen LogP contribution in [0, 0.1) is 11.3 Å². The molecule has 0 fully saturated rings. The molecule has 3 N–H and O–H groups in total. The Morgan fingerprint density at radius 2 is 2.05 bits per heavy atom. The number of rotatable bonds is 2. The maximum Gasteiger partial charge on any atom is 0.297 e. The van der Waals surface area contributed by atoms with E-state index in [1.807, 2.05) is 0 Å². The fraction of sp³-hybridized carbons (Fsp3) is 0.0833. The zero-order chi connectivity index (χ0) is 14.2. The van der Waals surface area contributed by atoms with Crippen LogP contribution in [0.2, 0.25) is 0 Å². The van der Waals surface area contributed by atoms with Crippen molar-refractivity contribution in [2.75, 3.05) is 12.8 Å². The van der Waals surface area contributed by atoms with Crippen LogP contribution in [0.1, 0.15) is 5.56 Å². The molecule has 2 aromatic rings. The highest BCUT2D eigenvalue weighted by atomic mass is 32.2. The van der Waals surface area contributed by atoms with E-state index in [9.17, 15) is 13.0 Å². The standard InChI is InChI=1S/C12H10N2O4S/c1-18-9-3-2-7-4-8(6-13)11(14)12(10(7)5-9)19(15,16)17/h2-5H,14H2,1H3,(H,15,16,17). The van der Waals surface area contributed by atoms with E-state index in [4.69, 9.17) is 15.7 Å². The van der Waals surface area contributed by atoms with Gasteiger partial charge in [0.25, 0.3) is 10.1 Å². The molecule has 0 heterocycles. The molecule has 0 radical (unpaired) electrons. The highest BCUT2D eigenvalue weighted by molar-refractivity contribution is 7.86. The molecule has 0 atom stereocenters. The van der Waals surface area contributed by atoms with E-state index in [-0.39, 0.29) is 16.6 Å². The molecule has 0 aliphatic rings. The Morgan fingerprint density at radius 1 is 1.37 bits per heavy atom. The first-order valence-corrected chi connectivity index (χ1v) is 6.60. The van der Waals surface area contributed by atoms with E-state index >= 15 is 0 Å². The summed E-state index contributed by atoms with van der Waals surface area (Å²) in [5.41, 5.74) is 5.35. The van der Waals surface area contributed by atoms with Crippen molar-refractivity contribution >= 4 is 26.6 Å². The van der Waals surface area contributed by atoms with Crippen molar-refractivity contribution in [2.45, 2.75) is 4.90 Å². The molecule has 7 heteroatoms. The van der Waals surface area contributed by atoms with Gasteiger partial charge in [0.15, 0.2) is 0 Å². The Balaban J connectivity index is 3.03. The van der Waals surface area contributed by atoms with Crippen LogP contribution < -0.4 is 10.5 Å². The largest absolute Gasteiger partial charge is 0.497 e. The van der Waals surface area contributed by atoms with Gasteiger partial charge in [0.05, 0.1) is 18.4 Å². The topological polar surface area (TPSA) is 113 Å². The van der Waals surface area contributed by atoms with Crippen molar-refractivity contribution in [1.82, 2.24) is 0 Å². The van der Waals surface area contributed by atoms with Crippen molar-refractivity contribution in [2.24, 2.45) is 0 Å². The second kappa shape index (κ2) is 4.42. The predicted octanol–water partition coefficient (Wildman–Crippen LogP) is 1.55. The first-order chi connectivity index (χ1) is 8.88. The molecule has 0 aliphatic heterocycles. The summed E-state index contributed by atoms with van der Waals surface area (Å²) >= 11 is 0. The number of nitrogen functional groups attached to an aromatic ring is 1. The van der Waals surface area contributed by atoms with Crippen LogP contribution in [0.25, 0.3) is 10.8 Å². The van der Waals surface area contributed by atoms with Gasteiger partial charge < -0.3 is 10.5 Å². The van der Waals surface area contributed by atoms with E-state index in [1.165, 1.54) is 19.2 Å². The summed E-state index contributed by atoms with van der Waals surface area (Å²) in [6.45, 7) is 0. The Kier molecular flexibility index (Phi) is 3.06. The van der Waals surface area contributed by atoms with Gasteiger partial charge in [-0.05, 0) is 23.6 Å². The molecule has 0 bridgehead atoms. The summed E-state index contributed by atoms with van der Waals surface area (Å²) in [6, 6.07) is 7.90. The van der Waals surface area contributed by atoms with Crippen molar-refractivity contribution in [3.63, 3.8) is 0 Å². The first kappa shape index (κ1) is 13.1. The SMILES string of the molecule is COc1ccc2cc(C#N)c(N)c(S(=O)(=O)O)c2c1. The summed E-state index contributed by atoms with van der Waals surface area (Å²) in [6.07, 6.45) is 0. The molecule has 0 unspecified atom stereocenters. The van der Waals surface area contributed by atoms with E-state index < -0.39 is 15.0 Å². The average molecular weight is 278 g/mol. The summed E-state index contributed by atoms with van der Waals surface area (Å²) in [5, 5.41) is 9.62. The zero-order valence-corrected chi connectivity index (χ0v) is 10.7. The van der Waals surface area contributed by atoms with Crippen molar-refractivity contribution < 1.29 is 17.7 Å². The van der Waals surface area contributed by atoms with E-state index in [1.54, 1.807) is 18.2 Å². The van der Waals surface area contributed by atoms with Crippen molar-refractivity contribution in [3.8, 4) is 11.8 Å². The van der Waals surface area contributed by atoms with Crippen LogP contribution in [-0.4, -0.2) is 20.1 Å². The molecule has 0 saturated heterocycles.